The van der Waals surface area contributed by atoms with Crippen molar-refractivity contribution in [1.82, 2.24) is 24.3 Å². The molecule has 8 heteroatoms. The van der Waals surface area contributed by atoms with Crippen molar-refractivity contribution < 1.29 is 14.3 Å². The van der Waals surface area contributed by atoms with Crippen molar-refractivity contribution in [3.63, 3.8) is 0 Å². The van der Waals surface area contributed by atoms with Gasteiger partial charge in [0.25, 0.3) is 5.91 Å². The van der Waals surface area contributed by atoms with Gasteiger partial charge in [0.15, 0.2) is 0 Å². The molecular weight excluding hydrogens is 442 g/mol. The Morgan fingerprint density at radius 1 is 1.14 bits per heavy atom. The molecule has 8 nitrogen and oxygen atoms in total. The highest BCUT2D eigenvalue weighted by Gasteiger charge is 2.60. The van der Waals surface area contributed by atoms with Crippen LogP contribution >= 0.6 is 0 Å². The third kappa shape index (κ3) is 3.24. The molecule has 2 atom stereocenters. The fraction of sp³-hybridized carbons (Fsp3) is 0.296. The summed E-state index contributed by atoms with van der Waals surface area (Å²) in [6, 6.07) is 15.3. The second kappa shape index (κ2) is 8.01. The number of urea groups is 1. The van der Waals surface area contributed by atoms with Crippen LogP contribution in [0.15, 0.2) is 67.3 Å². The minimum Gasteiger partial charge on any atom is -0.494 e. The second-order valence-electron chi connectivity index (χ2n) is 9.33. The first-order chi connectivity index (χ1) is 17.0. The number of benzene rings is 2. The molecule has 0 aliphatic carbocycles. The monoisotopic (exact) mass is 469 g/mol. The molecule has 2 aromatic heterocycles. The lowest BCUT2D eigenvalue weighted by atomic mass is 9.81. The first-order valence-corrected chi connectivity index (χ1v) is 11.9. The lowest BCUT2D eigenvalue weighted by Crippen LogP contribution is -2.53. The van der Waals surface area contributed by atoms with E-state index in [4.69, 9.17) is 4.74 Å². The molecule has 0 saturated carbocycles. The summed E-state index contributed by atoms with van der Waals surface area (Å²) in [4.78, 5) is 38.5. The van der Waals surface area contributed by atoms with Gasteiger partial charge < -0.3 is 14.3 Å². The van der Waals surface area contributed by atoms with E-state index in [-0.39, 0.29) is 11.9 Å². The lowest BCUT2D eigenvalue weighted by molar-refractivity contribution is -0.133. The highest BCUT2D eigenvalue weighted by Crippen LogP contribution is 2.48. The summed E-state index contributed by atoms with van der Waals surface area (Å²) in [5.41, 5.74) is 2.97. The van der Waals surface area contributed by atoms with Gasteiger partial charge in [0, 0.05) is 48.5 Å². The number of H-pyrrole nitrogens is 1. The number of hydrogen-bond acceptors (Lipinski definition) is 4. The third-order valence-corrected chi connectivity index (χ3v) is 7.21. The van der Waals surface area contributed by atoms with E-state index >= 15 is 0 Å². The van der Waals surface area contributed by atoms with Crippen LogP contribution in [-0.4, -0.2) is 55.0 Å². The standard InChI is InChI=1S/C27H27N5O3/c1-3-35-19-9-10-22-20(15-19)21-16-27(2)25(33)31(14-13-30-12-11-28-17-30)26(34)32(27)24(23(21)29-22)18-7-5-4-6-8-18/h4-12,15,17,24,29H,3,13-14,16H2,1-2H3. The van der Waals surface area contributed by atoms with Gasteiger partial charge in [-0.05, 0) is 43.2 Å². The number of hydrogen-bond donors (Lipinski definition) is 1. The van der Waals surface area contributed by atoms with Crippen LogP contribution in [0, 0.1) is 0 Å². The molecule has 1 N–H and O–H groups in total. The average molecular weight is 470 g/mol. The zero-order valence-electron chi connectivity index (χ0n) is 19.8. The number of aromatic amines is 1. The minimum atomic E-state index is -0.990. The highest BCUT2D eigenvalue weighted by atomic mass is 16.5. The Labute approximate surface area is 203 Å². The molecule has 3 amide bonds. The van der Waals surface area contributed by atoms with Crippen molar-refractivity contribution in [2.45, 2.75) is 38.4 Å². The van der Waals surface area contributed by atoms with E-state index in [1.165, 1.54) is 4.90 Å². The summed E-state index contributed by atoms with van der Waals surface area (Å²) in [5.74, 6) is 0.630. The highest BCUT2D eigenvalue weighted by molar-refractivity contribution is 6.08. The van der Waals surface area contributed by atoms with Crippen LogP contribution in [0.4, 0.5) is 4.79 Å². The fourth-order valence-corrected chi connectivity index (χ4v) is 5.56. The zero-order chi connectivity index (χ0) is 24.2. The Morgan fingerprint density at radius 2 is 1.97 bits per heavy atom. The van der Waals surface area contributed by atoms with Gasteiger partial charge in [-0.15, -0.1) is 0 Å². The fourth-order valence-electron chi connectivity index (χ4n) is 5.56. The third-order valence-electron chi connectivity index (χ3n) is 7.21. The molecule has 2 aliphatic heterocycles. The van der Waals surface area contributed by atoms with Crippen LogP contribution < -0.4 is 4.74 Å². The van der Waals surface area contributed by atoms with Gasteiger partial charge in [-0.25, -0.2) is 9.78 Å². The van der Waals surface area contributed by atoms with Gasteiger partial charge in [-0.3, -0.25) is 14.6 Å². The largest absolute Gasteiger partial charge is 0.494 e. The molecule has 2 aromatic carbocycles. The van der Waals surface area contributed by atoms with Crippen molar-refractivity contribution >= 4 is 22.8 Å². The smallest absolute Gasteiger partial charge is 0.328 e. The van der Waals surface area contributed by atoms with Crippen LogP contribution in [0.25, 0.3) is 10.9 Å². The number of carbonyl (C=O) groups excluding carboxylic acids is 2. The molecule has 0 radical (unpaired) electrons. The van der Waals surface area contributed by atoms with Gasteiger partial charge in [0.1, 0.15) is 17.3 Å². The quantitative estimate of drug-likeness (QED) is 0.431. The van der Waals surface area contributed by atoms with Crippen molar-refractivity contribution in [1.29, 1.82) is 0 Å². The van der Waals surface area contributed by atoms with Gasteiger partial charge in [0.05, 0.1) is 12.9 Å². The maximum Gasteiger partial charge on any atom is 0.328 e. The van der Waals surface area contributed by atoms with Gasteiger partial charge in [-0.1, -0.05) is 30.3 Å². The number of nitrogens with zero attached hydrogens (tertiary/aromatic N) is 4. The first-order valence-electron chi connectivity index (χ1n) is 11.9. The molecule has 178 valence electrons. The summed E-state index contributed by atoms with van der Waals surface area (Å²) in [6.45, 7) is 5.24. The van der Waals surface area contributed by atoms with Gasteiger partial charge in [-0.2, -0.15) is 0 Å². The van der Waals surface area contributed by atoms with E-state index < -0.39 is 11.6 Å². The summed E-state index contributed by atoms with van der Waals surface area (Å²) >= 11 is 0. The Kier molecular flexibility index (Phi) is 4.91. The normalized spacial score (nSPS) is 21.5. The van der Waals surface area contributed by atoms with E-state index in [1.54, 1.807) is 17.4 Å². The molecule has 0 spiro atoms. The van der Waals surface area contributed by atoms with Crippen LogP contribution in [0.3, 0.4) is 0 Å². The topological polar surface area (TPSA) is 83.5 Å². The first kappa shape index (κ1) is 21.5. The predicted molar refractivity (Wildman–Crippen MR) is 131 cm³/mol. The van der Waals surface area contributed by atoms with E-state index in [0.29, 0.717) is 26.1 Å². The SMILES string of the molecule is CCOc1ccc2[nH]c3c(c2c1)CC1(C)C(=O)N(CCn2ccnc2)C(=O)N1C3c1ccccc1. The average Bonchev–Trinajstić information content (AvgIpc) is 3.55. The molecule has 4 aromatic rings. The van der Waals surface area contributed by atoms with Crippen LogP contribution in [0.2, 0.25) is 0 Å². The molecule has 2 unspecified atom stereocenters. The van der Waals surface area contributed by atoms with E-state index in [1.807, 2.05) is 73.1 Å². The molecule has 1 fully saturated rings. The number of nitrogens with one attached hydrogen (secondary N) is 1. The van der Waals surface area contributed by atoms with E-state index in [2.05, 4.69) is 9.97 Å². The molecule has 0 bridgehead atoms. The second-order valence-corrected chi connectivity index (χ2v) is 9.33. The van der Waals surface area contributed by atoms with Crippen molar-refractivity contribution in [3.8, 4) is 5.75 Å². The van der Waals surface area contributed by atoms with Crippen LogP contribution in [-0.2, 0) is 17.8 Å². The van der Waals surface area contributed by atoms with Crippen LogP contribution in [0.5, 0.6) is 5.75 Å². The van der Waals surface area contributed by atoms with Gasteiger partial charge in [0.2, 0.25) is 0 Å². The number of ether oxygens (including phenoxy) is 1. The summed E-state index contributed by atoms with van der Waals surface area (Å²) in [7, 11) is 0. The van der Waals surface area contributed by atoms with E-state index in [0.717, 1.165) is 33.5 Å². The molecule has 6 rings (SSSR count). The van der Waals surface area contributed by atoms with E-state index in [9.17, 15) is 9.59 Å². The number of imide groups is 1. The van der Waals surface area contributed by atoms with Crippen molar-refractivity contribution in [2.24, 2.45) is 0 Å². The number of aromatic nitrogens is 3. The summed E-state index contributed by atoms with van der Waals surface area (Å²) in [6.07, 6.45) is 5.66. The van der Waals surface area contributed by atoms with Gasteiger partial charge >= 0.3 is 6.03 Å². The Hall–Kier alpha value is -4.07. The Bertz CT molecular complexity index is 1410. The lowest BCUT2D eigenvalue weighted by Gasteiger charge is -2.42. The van der Waals surface area contributed by atoms with Crippen molar-refractivity contribution in [2.75, 3.05) is 13.2 Å². The minimum absolute atomic E-state index is 0.162. The predicted octanol–water partition coefficient (Wildman–Crippen LogP) is 4.13. The number of imidazole rings is 1. The molecular formula is C27H27N5O3. The molecule has 4 heterocycles. The molecule has 2 aliphatic rings. The maximum absolute atomic E-state index is 13.8. The number of carbonyl (C=O) groups is 2. The Balaban J connectivity index is 1.48. The van der Waals surface area contributed by atoms with Crippen LogP contribution in [0.1, 0.15) is 36.7 Å². The number of fused-ring (bicyclic) bond motifs is 4. The Morgan fingerprint density at radius 3 is 2.71 bits per heavy atom. The van der Waals surface area contributed by atoms with Crippen molar-refractivity contribution in [3.05, 3.63) is 84.1 Å². The molecule has 1 saturated heterocycles. The molecule has 35 heavy (non-hydrogen) atoms. The number of amides is 3. The summed E-state index contributed by atoms with van der Waals surface area (Å²) < 4.78 is 7.63. The number of rotatable bonds is 6. The maximum atomic E-state index is 13.8. The zero-order valence-corrected chi connectivity index (χ0v) is 19.8. The summed E-state index contributed by atoms with van der Waals surface area (Å²) in [5, 5.41) is 1.03.